The molecule has 6 heteroatoms. The number of fused-ring (bicyclic) bond motifs is 1. The maximum absolute atomic E-state index is 5.47. The molecule has 0 radical (unpaired) electrons. The molecular formula is C23H28N4OS. The molecule has 5 nitrogen and oxygen atoms in total. The molecule has 2 aromatic heterocycles. The smallest absolute Gasteiger partial charge is 0.141 e. The van der Waals surface area contributed by atoms with E-state index in [0.29, 0.717) is 0 Å². The Hall–Kier alpha value is -2.02. The van der Waals surface area contributed by atoms with Gasteiger partial charge in [-0.3, -0.25) is 4.90 Å². The average Bonchev–Trinajstić information content (AvgIpc) is 3.24. The molecule has 0 spiro atoms. The Morgan fingerprint density at radius 2 is 1.79 bits per heavy atom. The SMILES string of the molecule is c1ccc(-c2csc3ncnc(N4CCC(CCN5CCOCC5)CC4)c23)cc1. The van der Waals surface area contributed by atoms with Crippen LogP contribution in [-0.4, -0.2) is 60.8 Å². The van der Waals surface area contributed by atoms with Crippen molar-refractivity contribution in [1.29, 1.82) is 0 Å². The third kappa shape index (κ3) is 4.15. The lowest BCUT2D eigenvalue weighted by molar-refractivity contribution is 0.0349. The number of thiophene rings is 1. The maximum atomic E-state index is 5.47. The van der Waals surface area contributed by atoms with Crippen LogP contribution in [0.1, 0.15) is 19.3 Å². The van der Waals surface area contributed by atoms with Crippen molar-refractivity contribution in [1.82, 2.24) is 14.9 Å². The maximum Gasteiger partial charge on any atom is 0.141 e. The highest BCUT2D eigenvalue weighted by Crippen LogP contribution is 2.38. The Morgan fingerprint density at radius 1 is 1.00 bits per heavy atom. The van der Waals surface area contributed by atoms with E-state index in [1.165, 1.54) is 42.3 Å². The molecule has 5 rings (SSSR count). The van der Waals surface area contributed by atoms with Gasteiger partial charge in [0.25, 0.3) is 0 Å². The second-order valence-electron chi connectivity index (χ2n) is 8.07. The van der Waals surface area contributed by atoms with Gasteiger partial charge in [0.05, 0.1) is 18.6 Å². The number of hydrogen-bond donors (Lipinski definition) is 0. The Labute approximate surface area is 176 Å². The number of aromatic nitrogens is 2. The molecule has 0 N–H and O–H groups in total. The first-order chi connectivity index (χ1) is 14.4. The predicted octanol–water partition coefficient (Wildman–Crippen LogP) is 4.30. The van der Waals surface area contributed by atoms with Gasteiger partial charge in [-0.15, -0.1) is 11.3 Å². The lowest BCUT2D eigenvalue weighted by atomic mass is 9.93. The number of nitrogens with zero attached hydrogens (tertiary/aromatic N) is 4. The van der Waals surface area contributed by atoms with Gasteiger partial charge < -0.3 is 9.64 Å². The summed E-state index contributed by atoms with van der Waals surface area (Å²) in [6, 6.07) is 10.6. The van der Waals surface area contributed by atoms with Gasteiger partial charge in [0.2, 0.25) is 0 Å². The summed E-state index contributed by atoms with van der Waals surface area (Å²) in [7, 11) is 0. The standard InChI is InChI=1S/C23H28N4OS/c1-2-4-19(5-3-1)20-16-29-23-21(20)22(24-17-25-23)27-10-7-18(8-11-27)6-9-26-12-14-28-15-13-26/h1-5,16-18H,6-15H2. The van der Waals surface area contributed by atoms with Crippen LogP contribution < -0.4 is 4.90 Å². The number of piperidine rings is 1. The monoisotopic (exact) mass is 408 g/mol. The quantitative estimate of drug-likeness (QED) is 0.630. The average molecular weight is 409 g/mol. The third-order valence-corrected chi connectivity index (χ3v) is 7.19. The van der Waals surface area contributed by atoms with E-state index >= 15 is 0 Å². The van der Waals surface area contributed by atoms with Crippen LogP contribution in [0.3, 0.4) is 0 Å². The van der Waals surface area contributed by atoms with E-state index in [1.807, 2.05) is 0 Å². The van der Waals surface area contributed by atoms with Crippen LogP contribution in [0.5, 0.6) is 0 Å². The summed E-state index contributed by atoms with van der Waals surface area (Å²) in [5, 5.41) is 3.45. The molecule has 0 atom stereocenters. The summed E-state index contributed by atoms with van der Waals surface area (Å²) >= 11 is 1.72. The van der Waals surface area contributed by atoms with Crippen molar-refractivity contribution < 1.29 is 4.74 Å². The zero-order chi connectivity index (χ0) is 19.5. The number of benzene rings is 1. The van der Waals surface area contributed by atoms with Gasteiger partial charge in [-0.05, 0) is 37.3 Å². The summed E-state index contributed by atoms with van der Waals surface area (Å²) in [5.74, 6) is 1.93. The van der Waals surface area contributed by atoms with Crippen LogP contribution in [0.2, 0.25) is 0 Å². The van der Waals surface area contributed by atoms with Crippen molar-refractivity contribution in [2.45, 2.75) is 19.3 Å². The van der Waals surface area contributed by atoms with Gasteiger partial charge >= 0.3 is 0 Å². The normalized spacial score (nSPS) is 19.1. The molecule has 1 aromatic carbocycles. The third-order valence-electron chi connectivity index (χ3n) is 6.31. The highest BCUT2D eigenvalue weighted by atomic mass is 32.1. The molecule has 0 aliphatic carbocycles. The van der Waals surface area contributed by atoms with Crippen molar-refractivity contribution >= 4 is 27.4 Å². The topological polar surface area (TPSA) is 41.5 Å². The van der Waals surface area contributed by atoms with E-state index < -0.39 is 0 Å². The van der Waals surface area contributed by atoms with Crippen LogP contribution >= 0.6 is 11.3 Å². The molecule has 29 heavy (non-hydrogen) atoms. The van der Waals surface area contributed by atoms with E-state index in [1.54, 1.807) is 17.7 Å². The molecular weight excluding hydrogens is 380 g/mol. The fourth-order valence-corrected chi connectivity index (χ4v) is 5.46. The molecule has 2 aliphatic rings. The Morgan fingerprint density at radius 3 is 2.59 bits per heavy atom. The molecule has 0 unspecified atom stereocenters. The fraction of sp³-hybridized carbons (Fsp3) is 0.478. The minimum Gasteiger partial charge on any atom is -0.379 e. The van der Waals surface area contributed by atoms with Crippen LogP contribution in [0.15, 0.2) is 42.0 Å². The molecule has 2 fully saturated rings. The van der Waals surface area contributed by atoms with E-state index in [-0.39, 0.29) is 0 Å². The molecule has 2 aliphatic heterocycles. The van der Waals surface area contributed by atoms with Crippen LogP contribution in [0.25, 0.3) is 21.3 Å². The van der Waals surface area contributed by atoms with Gasteiger partial charge in [-0.1, -0.05) is 30.3 Å². The van der Waals surface area contributed by atoms with Crippen molar-refractivity contribution in [2.75, 3.05) is 50.8 Å². The lowest BCUT2D eigenvalue weighted by Crippen LogP contribution is -2.39. The first-order valence-corrected chi connectivity index (χ1v) is 11.6. The van der Waals surface area contributed by atoms with Gasteiger partial charge in [-0.25, -0.2) is 9.97 Å². The Kier molecular flexibility index (Phi) is 5.74. The summed E-state index contributed by atoms with van der Waals surface area (Å²) in [4.78, 5) is 15.4. The second-order valence-corrected chi connectivity index (χ2v) is 8.92. The first kappa shape index (κ1) is 19.0. The fourth-order valence-electron chi connectivity index (χ4n) is 4.55. The molecule has 0 bridgehead atoms. The summed E-state index contributed by atoms with van der Waals surface area (Å²) < 4.78 is 5.47. The molecule has 3 aromatic rings. The van der Waals surface area contributed by atoms with E-state index in [2.05, 4.69) is 50.5 Å². The number of rotatable bonds is 5. The predicted molar refractivity (Wildman–Crippen MR) is 120 cm³/mol. The number of hydrogen-bond acceptors (Lipinski definition) is 6. The van der Waals surface area contributed by atoms with Crippen molar-refractivity contribution in [2.24, 2.45) is 5.92 Å². The van der Waals surface area contributed by atoms with Crippen molar-refractivity contribution in [3.63, 3.8) is 0 Å². The Balaban J connectivity index is 1.29. The summed E-state index contributed by atoms with van der Waals surface area (Å²) in [5.41, 5.74) is 2.51. The van der Waals surface area contributed by atoms with E-state index in [9.17, 15) is 0 Å². The van der Waals surface area contributed by atoms with Gasteiger partial charge in [0, 0.05) is 37.1 Å². The minimum absolute atomic E-state index is 0.822. The van der Waals surface area contributed by atoms with Gasteiger partial charge in [-0.2, -0.15) is 0 Å². The van der Waals surface area contributed by atoms with E-state index in [4.69, 9.17) is 9.72 Å². The molecule has 152 valence electrons. The zero-order valence-electron chi connectivity index (χ0n) is 16.8. The second kappa shape index (κ2) is 8.78. The van der Waals surface area contributed by atoms with Gasteiger partial charge in [0.1, 0.15) is 17.0 Å². The largest absolute Gasteiger partial charge is 0.379 e. The lowest BCUT2D eigenvalue weighted by Gasteiger charge is -2.34. The van der Waals surface area contributed by atoms with Gasteiger partial charge in [0.15, 0.2) is 0 Å². The minimum atomic E-state index is 0.822. The van der Waals surface area contributed by atoms with Crippen LogP contribution in [0, 0.1) is 5.92 Å². The van der Waals surface area contributed by atoms with E-state index in [0.717, 1.165) is 56.0 Å². The number of ether oxygens (including phenoxy) is 1. The summed E-state index contributed by atoms with van der Waals surface area (Å²) in [6.07, 6.45) is 5.54. The Bertz CT molecular complexity index is 930. The van der Waals surface area contributed by atoms with Crippen LogP contribution in [0.4, 0.5) is 5.82 Å². The van der Waals surface area contributed by atoms with Crippen LogP contribution in [-0.2, 0) is 4.74 Å². The van der Waals surface area contributed by atoms with Crippen molar-refractivity contribution in [3.05, 3.63) is 42.0 Å². The molecule has 4 heterocycles. The highest BCUT2D eigenvalue weighted by molar-refractivity contribution is 7.17. The molecule has 2 saturated heterocycles. The zero-order valence-corrected chi connectivity index (χ0v) is 17.6. The summed E-state index contributed by atoms with van der Waals surface area (Å²) in [6.45, 7) is 7.37. The molecule has 0 amide bonds. The molecule has 0 saturated carbocycles. The highest BCUT2D eigenvalue weighted by Gasteiger charge is 2.24. The first-order valence-electron chi connectivity index (χ1n) is 10.7. The number of anilines is 1. The van der Waals surface area contributed by atoms with Crippen molar-refractivity contribution in [3.8, 4) is 11.1 Å². The number of morpholine rings is 1.